The zero-order chi connectivity index (χ0) is 12.0. The second kappa shape index (κ2) is 6.55. The molecule has 86 valence electrons. The molecule has 0 spiro atoms. The van der Waals surface area contributed by atoms with Gasteiger partial charge in [0.05, 0.1) is 0 Å². The molecule has 0 fully saturated rings. The summed E-state index contributed by atoms with van der Waals surface area (Å²) in [5, 5.41) is 0.738. The lowest BCUT2D eigenvalue weighted by Crippen LogP contribution is -2.28. The third-order valence-corrected chi connectivity index (χ3v) is 2.79. The van der Waals surface area contributed by atoms with Crippen LogP contribution in [0.4, 0.5) is 0 Å². The molecule has 0 saturated heterocycles. The molecule has 1 unspecified atom stereocenters. The van der Waals surface area contributed by atoms with Gasteiger partial charge in [-0.3, -0.25) is 11.3 Å². The van der Waals surface area contributed by atoms with Crippen molar-refractivity contribution in [2.75, 3.05) is 0 Å². The van der Waals surface area contributed by atoms with Crippen LogP contribution in [-0.2, 0) is 0 Å². The molecule has 0 amide bonds. The van der Waals surface area contributed by atoms with Crippen LogP contribution in [0.25, 0.3) is 0 Å². The lowest BCUT2D eigenvalue weighted by molar-refractivity contribution is 0.521. The highest BCUT2D eigenvalue weighted by atomic mass is 35.5. The fraction of sp³-hybridized carbons (Fsp3) is 0.385. The molecular formula is C13H17ClN2. The molecule has 16 heavy (non-hydrogen) atoms. The molecule has 1 rings (SSSR count). The molecule has 1 aromatic carbocycles. The third kappa shape index (κ3) is 3.53. The lowest BCUT2D eigenvalue weighted by Gasteiger charge is -2.17. The number of benzene rings is 1. The fourth-order valence-electron chi connectivity index (χ4n) is 1.66. The Morgan fingerprint density at radius 1 is 1.50 bits per heavy atom. The van der Waals surface area contributed by atoms with Crippen LogP contribution in [0.2, 0.25) is 5.02 Å². The topological polar surface area (TPSA) is 38.0 Å². The van der Waals surface area contributed by atoms with E-state index in [-0.39, 0.29) is 6.04 Å². The molecule has 0 bridgehead atoms. The quantitative estimate of drug-likeness (QED) is 0.479. The average Bonchev–Trinajstić information content (AvgIpc) is 2.28. The second-order valence-corrected chi connectivity index (χ2v) is 4.12. The summed E-state index contributed by atoms with van der Waals surface area (Å²) < 4.78 is 0. The Balaban J connectivity index is 2.84. The Labute approximate surface area is 102 Å². The largest absolute Gasteiger partial charge is 0.271 e. The van der Waals surface area contributed by atoms with Gasteiger partial charge in [-0.25, -0.2) is 0 Å². The van der Waals surface area contributed by atoms with Gasteiger partial charge in [0.1, 0.15) is 0 Å². The van der Waals surface area contributed by atoms with E-state index < -0.39 is 0 Å². The number of halogens is 1. The molecule has 1 atom stereocenters. The van der Waals surface area contributed by atoms with Gasteiger partial charge in [-0.05, 0) is 43.5 Å². The van der Waals surface area contributed by atoms with Gasteiger partial charge in [0.25, 0.3) is 0 Å². The summed E-state index contributed by atoms with van der Waals surface area (Å²) in [6, 6.07) is 5.97. The molecule has 3 N–H and O–H groups in total. The Morgan fingerprint density at radius 2 is 2.25 bits per heavy atom. The van der Waals surface area contributed by atoms with E-state index >= 15 is 0 Å². The third-order valence-electron chi connectivity index (χ3n) is 2.55. The molecule has 0 aliphatic rings. The number of rotatable bonds is 4. The van der Waals surface area contributed by atoms with E-state index in [4.69, 9.17) is 17.4 Å². The predicted molar refractivity (Wildman–Crippen MR) is 68.9 cm³/mol. The minimum atomic E-state index is 0.111. The van der Waals surface area contributed by atoms with Crippen LogP contribution in [0.15, 0.2) is 18.2 Å². The summed E-state index contributed by atoms with van der Waals surface area (Å²) in [6.07, 6.45) is 1.72. The van der Waals surface area contributed by atoms with Gasteiger partial charge < -0.3 is 0 Å². The van der Waals surface area contributed by atoms with Crippen LogP contribution in [-0.4, -0.2) is 0 Å². The highest BCUT2D eigenvalue weighted by Crippen LogP contribution is 2.24. The van der Waals surface area contributed by atoms with Crippen molar-refractivity contribution in [3.63, 3.8) is 0 Å². The summed E-state index contributed by atoms with van der Waals surface area (Å²) in [5.41, 5.74) is 5.16. The standard InChI is InChI=1S/C13H17ClN2/c1-3-4-5-6-13(16-15)12-9-11(14)8-7-10(12)2/h7-9,13,16H,5-6,15H2,1-2H3. The predicted octanol–water partition coefficient (Wildman–Crippen LogP) is 2.96. The number of hydrogen-bond acceptors (Lipinski definition) is 2. The van der Waals surface area contributed by atoms with Crippen LogP contribution in [0.3, 0.4) is 0 Å². The van der Waals surface area contributed by atoms with E-state index in [2.05, 4.69) is 24.2 Å². The van der Waals surface area contributed by atoms with Crippen LogP contribution in [0, 0.1) is 18.8 Å². The van der Waals surface area contributed by atoms with Gasteiger partial charge in [0.15, 0.2) is 0 Å². The first kappa shape index (κ1) is 13.1. The summed E-state index contributed by atoms with van der Waals surface area (Å²) in [4.78, 5) is 0. The van der Waals surface area contributed by atoms with E-state index in [1.807, 2.05) is 25.1 Å². The number of hydrazine groups is 1. The van der Waals surface area contributed by atoms with Crippen LogP contribution in [0.5, 0.6) is 0 Å². The molecule has 3 heteroatoms. The first-order valence-electron chi connectivity index (χ1n) is 5.30. The Morgan fingerprint density at radius 3 is 2.88 bits per heavy atom. The highest BCUT2D eigenvalue weighted by molar-refractivity contribution is 6.30. The van der Waals surface area contributed by atoms with Gasteiger partial charge in [-0.15, -0.1) is 11.8 Å². The van der Waals surface area contributed by atoms with Gasteiger partial charge in [0.2, 0.25) is 0 Å². The zero-order valence-electron chi connectivity index (χ0n) is 9.68. The normalized spacial score (nSPS) is 11.8. The molecule has 0 heterocycles. The van der Waals surface area contributed by atoms with Gasteiger partial charge in [0, 0.05) is 17.5 Å². The van der Waals surface area contributed by atoms with Gasteiger partial charge >= 0.3 is 0 Å². The minimum absolute atomic E-state index is 0.111. The van der Waals surface area contributed by atoms with Crippen molar-refractivity contribution in [2.24, 2.45) is 5.84 Å². The van der Waals surface area contributed by atoms with Crippen molar-refractivity contribution in [3.8, 4) is 11.8 Å². The maximum absolute atomic E-state index is 5.98. The fourth-order valence-corrected chi connectivity index (χ4v) is 1.84. The van der Waals surface area contributed by atoms with E-state index in [1.165, 1.54) is 5.56 Å². The minimum Gasteiger partial charge on any atom is -0.271 e. The zero-order valence-corrected chi connectivity index (χ0v) is 10.4. The van der Waals surface area contributed by atoms with Gasteiger partial charge in [-0.2, -0.15) is 0 Å². The molecule has 0 aliphatic carbocycles. The molecule has 0 radical (unpaired) electrons. The number of aryl methyl sites for hydroxylation is 1. The van der Waals surface area contributed by atoms with E-state index in [0.29, 0.717) is 0 Å². The molecule has 0 saturated carbocycles. The Hall–Kier alpha value is -1.01. The SMILES string of the molecule is CC#CCCC(NN)c1cc(Cl)ccc1C. The molecule has 2 nitrogen and oxygen atoms in total. The monoisotopic (exact) mass is 236 g/mol. The second-order valence-electron chi connectivity index (χ2n) is 3.69. The molecule has 0 aromatic heterocycles. The summed E-state index contributed by atoms with van der Waals surface area (Å²) >= 11 is 5.98. The maximum Gasteiger partial charge on any atom is 0.0472 e. The van der Waals surface area contributed by atoms with Crippen LogP contribution in [0.1, 0.15) is 36.9 Å². The van der Waals surface area contributed by atoms with Crippen molar-refractivity contribution >= 4 is 11.6 Å². The maximum atomic E-state index is 5.98. The van der Waals surface area contributed by atoms with Crippen molar-refractivity contribution < 1.29 is 0 Å². The molecular weight excluding hydrogens is 220 g/mol. The first-order chi connectivity index (χ1) is 7.69. The Bertz CT molecular complexity index is 404. The highest BCUT2D eigenvalue weighted by Gasteiger charge is 2.11. The van der Waals surface area contributed by atoms with Crippen molar-refractivity contribution in [3.05, 3.63) is 34.3 Å². The number of hydrogen-bond donors (Lipinski definition) is 2. The van der Waals surface area contributed by atoms with Crippen molar-refractivity contribution in [2.45, 2.75) is 32.7 Å². The summed E-state index contributed by atoms with van der Waals surface area (Å²) in [5.74, 6) is 11.5. The average molecular weight is 237 g/mol. The summed E-state index contributed by atoms with van der Waals surface area (Å²) in [6.45, 7) is 3.90. The number of nitrogens with two attached hydrogens (primary N) is 1. The molecule has 0 aliphatic heterocycles. The smallest absolute Gasteiger partial charge is 0.0472 e. The lowest BCUT2D eigenvalue weighted by atomic mass is 9.98. The van der Waals surface area contributed by atoms with Crippen molar-refractivity contribution in [1.82, 2.24) is 5.43 Å². The first-order valence-corrected chi connectivity index (χ1v) is 5.68. The van der Waals surface area contributed by atoms with Crippen molar-refractivity contribution in [1.29, 1.82) is 0 Å². The van der Waals surface area contributed by atoms with E-state index in [0.717, 1.165) is 23.4 Å². The summed E-state index contributed by atoms with van der Waals surface area (Å²) in [7, 11) is 0. The van der Waals surface area contributed by atoms with E-state index in [1.54, 1.807) is 0 Å². The van der Waals surface area contributed by atoms with Gasteiger partial charge in [-0.1, -0.05) is 17.7 Å². The Kier molecular flexibility index (Phi) is 5.34. The van der Waals surface area contributed by atoms with Crippen LogP contribution < -0.4 is 11.3 Å². The van der Waals surface area contributed by atoms with E-state index in [9.17, 15) is 0 Å². The number of nitrogens with one attached hydrogen (secondary N) is 1. The molecule has 1 aromatic rings. The van der Waals surface area contributed by atoms with Crippen LogP contribution >= 0.6 is 11.6 Å².